The van der Waals surface area contributed by atoms with Crippen molar-refractivity contribution >= 4 is 11.9 Å². The third-order valence-corrected chi connectivity index (χ3v) is 12.5. The zero-order valence-corrected chi connectivity index (χ0v) is 25.2. The molecule has 0 aromatic heterocycles. The zero-order valence-electron chi connectivity index (χ0n) is 25.2. The van der Waals surface area contributed by atoms with Gasteiger partial charge in [-0.1, -0.05) is 13.8 Å². The van der Waals surface area contributed by atoms with Crippen LogP contribution in [0, 0.1) is 34.5 Å². The Kier molecular flexibility index (Phi) is 7.62. The number of cyclic esters (lactones) is 1. The highest BCUT2D eigenvalue weighted by molar-refractivity contribution is 5.85. The minimum Gasteiger partial charge on any atom is -0.462 e. The molecule has 0 radical (unpaired) electrons. The van der Waals surface area contributed by atoms with Gasteiger partial charge < -0.3 is 33.9 Å². The summed E-state index contributed by atoms with van der Waals surface area (Å²) in [6, 6.07) is 0. The van der Waals surface area contributed by atoms with Crippen LogP contribution in [-0.4, -0.2) is 78.3 Å². The molecule has 0 bridgehead atoms. The number of hydrogen-bond acceptors (Lipinski definition) is 9. The monoisotopic (exact) mass is 576 g/mol. The van der Waals surface area contributed by atoms with Gasteiger partial charge in [0.1, 0.15) is 18.8 Å². The molecule has 230 valence electrons. The fraction of sp³-hybridized carbons (Fsp3) is 0.875. The topological polar surface area (TPSA) is 121 Å². The molecular formula is C32H48O9. The minimum atomic E-state index is -0.990. The van der Waals surface area contributed by atoms with Crippen LogP contribution in [0.2, 0.25) is 0 Å². The molecule has 41 heavy (non-hydrogen) atoms. The van der Waals surface area contributed by atoms with Crippen LogP contribution >= 0.6 is 0 Å². The molecule has 0 amide bonds. The molecule has 2 heterocycles. The van der Waals surface area contributed by atoms with E-state index in [4.69, 9.17) is 23.7 Å². The van der Waals surface area contributed by atoms with Crippen molar-refractivity contribution in [2.75, 3.05) is 13.7 Å². The standard InChI is InChI=1S/C32H48O9/c1-17-29(35)24(37-5)14-27(39-17)41-21-8-10-30(3)20(13-21)6-7-23-22(30)9-11-31(4)28(19-12-26(34)38-16-19)25(40-18(2)33)15-32(23,31)36/h12,17,20-25,27-29,35-36H,6-11,13-16H2,1-5H3/t17-,20+,21-,22+,23+,24-,25-,27-,28-,29-,30-,31+,32-/m0/s1. The van der Waals surface area contributed by atoms with Gasteiger partial charge in [0.05, 0.1) is 23.9 Å². The van der Waals surface area contributed by atoms with E-state index in [2.05, 4.69) is 13.8 Å². The van der Waals surface area contributed by atoms with E-state index < -0.39 is 23.2 Å². The summed E-state index contributed by atoms with van der Waals surface area (Å²) in [6.07, 6.45) is 7.14. The molecule has 1 saturated heterocycles. The lowest BCUT2D eigenvalue weighted by Crippen LogP contribution is -2.62. The van der Waals surface area contributed by atoms with Gasteiger partial charge in [-0.05, 0) is 80.6 Å². The van der Waals surface area contributed by atoms with Crippen LogP contribution in [0.4, 0.5) is 0 Å². The van der Waals surface area contributed by atoms with Gasteiger partial charge in [0.25, 0.3) is 0 Å². The molecule has 2 aliphatic heterocycles. The molecule has 0 spiro atoms. The summed E-state index contributed by atoms with van der Waals surface area (Å²) in [6.45, 7) is 8.06. The Balaban J connectivity index is 1.19. The predicted octanol–water partition coefficient (Wildman–Crippen LogP) is 3.68. The number of hydrogen-bond donors (Lipinski definition) is 2. The summed E-state index contributed by atoms with van der Waals surface area (Å²) in [5.74, 6) is 0.0175. The summed E-state index contributed by atoms with van der Waals surface area (Å²) in [4.78, 5) is 24.2. The number of rotatable bonds is 5. The highest BCUT2D eigenvalue weighted by Crippen LogP contribution is 2.70. The second-order valence-corrected chi connectivity index (χ2v) is 14.3. The predicted molar refractivity (Wildman–Crippen MR) is 147 cm³/mol. The Morgan fingerprint density at radius 2 is 1.85 bits per heavy atom. The Hall–Kier alpha value is -1.52. The number of methoxy groups -OCH3 is 1. The molecule has 9 nitrogen and oxygen atoms in total. The van der Waals surface area contributed by atoms with Crippen LogP contribution in [0.25, 0.3) is 0 Å². The molecular weight excluding hydrogens is 528 g/mol. The lowest BCUT2D eigenvalue weighted by atomic mass is 9.43. The Bertz CT molecular complexity index is 1080. The average molecular weight is 577 g/mol. The van der Waals surface area contributed by atoms with Gasteiger partial charge in [0.15, 0.2) is 6.29 Å². The van der Waals surface area contributed by atoms with Gasteiger partial charge in [0, 0.05) is 44.3 Å². The fourth-order valence-electron chi connectivity index (χ4n) is 10.4. The summed E-state index contributed by atoms with van der Waals surface area (Å²) in [5, 5.41) is 23.0. The van der Waals surface area contributed by atoms with Crippen molar-refractivity contribution in [1.29, 1.82) is 0 Å². The van der Waals surface area contributed by atoms with E-state index in [-0.39, 0.29) is 60.4 Å². The molecule has 0 aromatic rings. The van der Waals surface area contributed by atoms with Crippen LogP contribution < -0.4 is 0 Å². The first kappa shape index (κ1) is 29.5. The van der Waals surface area contributed by atoms with E-state index in [1.165, 1.54) is 6.92 Å². The third kappa shape index (κ3) is 4.69. The van der Waals surface area contributed by atoms with E-state index in [0.29, 0.717) is 24.7 Å². The van der Waals surface area contributed by atoms with Crippen molar-refractivity contribution in [3.63, 3.8) is 0 Å². The van der Waals surface area contributed by atoms with Crippen molar-refractivity contribution in [1.82, 2.24) is 0 Å². The zero-order chi connectivity index (χ0) is 29.3. The highest BCUT2D eigenvalue weighted by Gasteiger charge is 2.71. The highest BCUT2D eigenvalue weighted by atomic mass is 16.7. The average Bonchev–Trinajstić information content (AvgIpc) is 3.42. The number of ether oxygens (including phenoxy) is 5. The van der Waals surface area contributed by atoms with Crippen LogP contribution in [0.3, 0.4) is 0 Å². The minimum absolute atomic E-state index is 0.0898. The van der Waals surface area contributed by atoms with Gasteiger partial charge in [-0.3, -0.25) is 4.79 Å². The van der Waals surface area contributed by atoms with Gasteiger partial charge >= 0.3 is 11.9 Å². The van der Waals surface area contributed by atoms with E-state index >= 15 is 0 Å². The van der Waals surface area contributed by atoms with E-state index in [9.17, 15) is 19.8 Å². The number of aliphatic hydroxyl groups excluding tert-OH is 1. The Morgan fingerprint density at radius 3 is 2.54 bits per heavy atom. The quantitative estimate of drug-likeness (QED) is 0.373. The molecule has 4 saturated carbocycles. The Labute approximate surface area is 243 Å². The van der Waals surface area contributed by atoms with Crippen molar-refractivity contribution in [2.45, 2.75) is 128 Å². The lowest BCUT2D eigenvalue weighted by Gasteiger charge is -2.63. The fourth-order valence-corrected chi connectivity index (χ4v) is 10.4. The van der Waals surface area contributed by atoms with Crippen LogP contribution in [0.1, 0.15) is 85.5 Å². The first-order chi connectivity index (χ1) is 19.4. The van der Waals surface area contributed by atoms with Crippen molar-refractivity contribution in [2.24, 2.45) is 34.5 Å². The lowest BCUT2D eigenvalue weighted by molar-refractivity contribution is -0.273. The first-order valence-corrected chi connectivity index (χ1v) is 15.7. The maximum atomic E-state index is 12.7. The van der Waals surface area contributed by atoms with Crippen LogP contribution in [0.5, 0.6) is 0 Å². The third-order valence-electron chi connectivity index (χ3n) is 12.5. The molecule has 0 aromatic carbocycles. The van der Waals surface area contributed by atoms with Gasteiger partial charge in [-0.15, -0.1) is 0 Å². The van der Waals surface area contributed by atoms with E-state index in [1.807, 2.05) is 6.92 Å². The van der Waals surface area contributed by atoms with Crippen molar-refractivity contribution in [3.8, 4) is 0 Å². The number of fused-ring (bicyclic) bond motifs is 5. The second kappa shape index (κ2) is 10.6. The first-order valence-electron chi connectivity index (χ1n) is 15.7. The maximum absolute atomic E-state index is 12.7. The Morgan fingerprint density at radius 1 is 1.07 bits per heavy atom. The van der Waals surface area contributed by atoms with Gasteiger partial charge in [-0.25, -0.2) is 4.79 Å². The normalized spacial score (nSPS) is 51.2. The number of carbonyl (C=O) groups is 2. The molecule has 5 fully saturated rings. The molecule has 2 N–H and O–H groups in total. The van der Waals surface area contributed by atoms with Gasteiger partial charge in [0.2, 0.25) is 0 Å². The summed E-state index contributed by atoms with van der Waals surface area (Å²) in [5.41, 5.74) is -0.559. The molecule has 6 rings (SSSR count). The SMILES string of the molecule is CO[C@H]1C[C@H](O[C@H]2CC[C@@]3(C)[C@H](CC[C@@H]4[C@H]3CC[C@]3(C)[C@@H](C5=CC(=O)OC5)[C@@H](OC(C)=O)C[C@]43O)C2)O[C@@H](C)[C@@H]1O. The molecule has 4 aliphatic carbocycles. The van der Waals surface area contributed by atoms with E-state index in [1.54, 1.807) is 13.2 Å². The molecule has 6 aliphatic rings. The van der Waals surface area contributed by atoms with Crippen molar-refractivity contribution in [3.05, 3.63) is 11.6 Å². The number of esters is 2. The van der Waals surface area contributed by atoms with Crippen LogP contribution in [0.15, 0.2) is 11.6 Å². The van der Waals surface area contributed by atoms with Crippen molar-refractivity contribution < 1.29 is 43.5 Å². The molecule has 13 atom stereocenters. The van der Waals surface area contributed by atoms with Gasteiger partial charge in [-0.2, -0.15) is 0 Å². The maximum Gasteiger partial charge on any atom is 0.331 e. The van der Waals surface area contributed by atoms with Crippen LogP contribution in [-0.2, 0) is 33.3 Å². The number of carbonyl (C=O) groups excluding carboxylic acids is 2. The number of aliphatic hydroxyl groups is 2. The summed E-state index contributed by atoms with van der Waals surface area (Å²) in [7, 11) is 1.62. The van der Waals surface area contributed by atoms with E-state index in [0.717, 1.165) is 50.5 Å². The molecule has 0 unspecified atom stereocenters. The summed E-state index contributed by atoms with van der Waals surface area (Å²) < 4.78 is 29.1. The smallest absolute Gasteiger partial charge is 0.331 e. The largest absolute Gasteiger partial charge is 0.462 e. The second-order valence-electron chi connectivity index (χ2n) is 14.3. The summed E-state index contributed by atoms with van der Waals surface area (Å²) >= 11 is 0. The molecule has 9 heteroatoms.